The van der Waals surface area contributed by atoms with Gasteiger partial charge in [0, 0.05) is 12.3 Å². The Morgan fingerprint density at radius 3 is 2.89 bits per heavy atom. The Morgan fingerprint density at radius 2 is 2.21 bits per heavy atom. The first-order valence-electron chi connectivity index (χ1n) is 6.15. The molecule has 0 N–H and O–H groups in total. The molecule has 0 spiro atoms. The summed E-state index contributed by atoms with van der Waals surface area (Å²) in [5, 5.41) is 5.66. The van der Waals surface area contributed by atoms with Crippen molar-refractivity contribution in [3.05, 3.63) is 21.4 Å². The van der Waals surface area contributed by atoms with E-state index in [1.54, 1.807) is 12.3 Å². The van der Waals surface area contributed by atoms with E-state index in [0.29, 0.717) is 12.2 Å². The Morgan fingerprint density at radius 1 is 1.42 bits per heavy atom. The van der Waals surface area contributed by atoms with E-state index in [-0.39, 0.29) is 5.97 Å². The fourth-order valence-electron chi connectivity index (χ4n) is 2.01. The zero-order valence-electron chi connectivity index (χ0n) is 10.9. The Bertz CT molecular complexity index is 533. The minimum absolute atomic E-state index is 0.297. The van der Waals surface area contributed by atoms with Gasteiger partial charge in [0.25, 0.3) is 0 Å². The van der Waals surface area contributed by atoms with Crippen molar-refractivity contribution in [2.75, 3.05) is 6.61 Å². The van der Waals surface area contributed by atoms with Gasteiger partial charge in [-0.2, -0.15) is 0 Å². The van der Waals surface area contributed by atoms with Crippen LogP contribution < -0.4 is 0 Å². The average molecular weight is 281 g/mol. The second-order valence-corrected chi connectivity index (χ2v) is 5.03. The monoisotopic (exact) mass is 281 g/mol. The number of rotatable bonds is 3. The number of nitrogens with zero attached hydrogens (tertiary/aromatic N) is 1. The largest absolute Gasteiger partial charge is 0.462 e. The van der Waals surface area contributed by atoms with E-state index in [1.807, 2.05) is 0 Å². The lowest BCUT2D eigenvalue weighted by molar-refractivity contribution is -0.140. The number of carbonyl (C=O) groups excluding carboxylic acids is 2. The molecule has 0 unspecified atom stereocenters. The third-order valence-electron chi connectivity index (χ3n) is 2.78. The maximum atomic E-state index is 11.8. The molecule has 0 bridgehead atoms. The fraction of sp³-hybridized carbons (Fsp3) is 0.462. The number of ether oxygens (including phenoxy) is 1. The molecule has 0 fully saturated rings. The van der Waals surface area contributed by atoms with Gasteiger partial charge in [-0.15, -0.1) is 11.3 Å². The van der Waals surface area contributed by atoms with Crippen LogP contribution in [0.4, 0.5) is 0 Å². The molecule has 1 aliphatic rings. The summed E-state index contributed by atoms with van der Waals surface area (Å²) in [5.41, 5.74) is 2.30. The van der Waals surface area contributed by atoms with Gasteiger partial charge >= 0.3 is 11.9 Å². The second kappa shape index (κ2) is 5.97. The van der Waals surface area contributed by atoms with Crippen molar-refractivity contribution < 1.29 is 19.2 Å². The number of esters is 1. The molecule has 2 rings (SSSR count). The molecule has 5 nitrogen and oxygen atoms in total. The van der Waals surface area contributed by atoms with Gasteiger partial charge in [-0.3, -0.25) is 0 Å². The number of hydrogen-bond donors (Lipinski definition) is 0. The van der Waals surface area contributed by atoms with Gasteiger partial charge in [-0.25, -0.2) is 9.59 Å². The Balaban J connectivity index is 2.29. The molecule has 0 radical (unpaired) electrons. The third-order valence-corrected chi connectivity index (χ3v) is 3.85. The molecule has 0 saturated heterocycles. The normalized spacial score (nSPS) is 16.0. The van der Waals surface area contributed by atoms with Crippen molar-refractivity contribution >= 4 is 29.0 Å². The fourth-order valence-corrected chi connectivity index (χ4v) is 3.11. The quantitative estimate of drug-likeness (QED) is 0.485. The molecule has 19 heavy (non-hydrogen) atoms. The molecular formula is C13H15NO4S. The van der Waals surface area contributed by atoms with E-state index in [9.17, 15) is 9.59 Å². The third kappa shape index (κ3) is 3.01. The number of oxime groups is 1. The molecule has 1 aromatic heterocycles. The highest BCUT2D eigenvalue weighted by atomic mass is 32.1. The van der Waals surface area contributed by atoms with E-state index in [1.165, 1.54) is 18.3 Å². The van der Waals surface area contributed by atoms with Crippen molar-refractivity contribution in [2.45, 2.75) is 33.1 Å². The van der Waals surface area contributed by atoms with Crippen LogP contribution in [-0.2, 0) is 20.8 Å². The summed E-state index contributed by atoms with van der Waals surface area (Å²) in [5.74, 6) is -0.740. The molecule has 0 aliphatic heterocycles. The Hall–Kier alpha value is -1.69. The second-order valence-electron chi connectivity index (χ2n) is 4.15. The highest BCUT2D eigenvalue weighted by Crippen LogP contribution is 2.31. The summed E-state index contributed by atoms with van der Waals surface area (Å²) in [6, 6.07) is 0. The van der Waals surface area contributed by atoms with Crippen molar-refractivity contribution in [1.29, 1.82) is 0 Å². The molecule has 0 aromatic carbocycles. The SMILES string of the molecule is CCOC(=O)c1csc2c1CCC/C2=N/OC(C)=O. The number of carbonyl (C=O) groups is 2. The first kappa shape index (κ1) is 13.7. The lowest BCUT2D eigenvalue weighted by Gasteiger charge is -2.14. The van der Waals surface area contributed by atoms with Gasteiger partial charge < -0.3 is 9.57 Å². The summed E-state index contributed by atoms with van der Waals surface area (Å²) >= 11 is 1.44. The van der Waals surface area contributed by atoms with Crippen LogP contribution in [0.3, 0.4) is 0 Å². The maximum Gasteiger partial charge on any atom is 0.339 e. The average Bonchev–Trinajstić information content (AvgIpc) is 2.80. The van der Waals surface area contributed by atoms with Crippen LogP contribution in [0.1, 0.15) is 47.5 Å². The molecule has 0 saturated carbocycles. The van der Waals surface area contributed by atoms with Crippen molar-refractivity contribution in [1.82, 2.24) is 0 Å². The summed E-state index contributed by atoms with van der Waals surface area (Å²) in [7, 11) is 0. The highest BCUT2D eigenvalue weighted by Gasteiger charge is 2.25. The van der Waals surface area contributed by atoms with Gasteiger partial charge in [0.1, 0.15) is 0 Å². The molecule has 0 atom stereocenters. The predicted octanol–water partition coefficient (Wildman–Crippen LogP) is 2.53. The van der Waals surface area contributed by atoms with Gasteiger partial charge in [0.15, 0.2) is 0 Å². The van der Waals surface area contributed by atoms with E-state index in [0.717, 1.165) is 35.4 Å². The minimum Gasteiger partial charge on any atom is -0.462 e. The Kier molecular flexibility index (Phi) is 4.31. The van der Waals surface area contributed by atoms with Crippen LogP contribution in [0.2, 0.25) is 0 Å². The summed E-state index contributed by atoms with van der Waals surface area (Å²) in [6.07, 6.45) is 2.46. The first-order valence-corrected chi connectivity index (χ1v) is 7.03. The van der Waals surface area contributed by atoms with Crippen molar-refractivity contribution in [3.8, 4) is 0 Å². The molecule has 1 aliphatic carbocycles. The zero-order chi connectivity index (χ0) is 13.8. The van der Waals surface area contributed by atoms with Crippen LogP contribution in [0, 0.1) is 0 Å². The topological polar surface area (TPSA) is 65.0 Å². The zero-order valence-corrected chi connectivity index (χ0v) is 11.7. The van der Waals surface area contributed by atoms with Crippen LogP contribution in [0.5, 0.6) is 0 Å². The van der Waals surface area contributed by atoms with E-state index in [2.05, 4.69) is 5.16 Å². The molecular weight excluding hydrogens is 266 g/mol. The highest BCUT2D eigenvalue weighted by molar-refractivity contribution is 7.12. The first-order chi connectivity index (χ1) is 9.13. The van der Waals surface area contributed by atoms with Crippen LogP contribution in [0.25, 0.3) is 0 Å². The molecule has 1 aromatic rings. The number of hydrogen-bond acceptors (Lipinski definition) is 6. The van der Waals surface area contributed by atoms with E-state index >= 15 is 0 Å². The van der Waals surface area contributed by atoms with E-state index < -0.39 is 5.97 Å². The van der Waals surface area contributed by atoms with Gasteiger partial charge in [-0.05, 0) is 31.7 Å². The lowest BCUT2D eigenvalue weighted by Crippen LogP contribution is -2.14. The van der Waals surface area contributed by atoms with Crippen LogP contribution >= 0.6 is 11.3 Å². The number of fused-ring (bicyclic) bond motifs is 1. The molecule has 102 valence electrons. The summed E-state index contributed by atoms with van der Waals surface area (Å²) < 4.78 is 5.03. The summed E-state index contributed by atoms with van der Waals surface area (Å²) in [4.78, 5) is 28.2. The maximum absolute atomic E-state index is 11.8. The standard InChI is InChI=1S/C13H15NO4S/c1-3-17-13(16)10-7-19-12-9(10)5-4-6-11(12)14-18-8(2)15/h7H,3-6H2,1-2H3/b14-11-. The van der Waals surface area contributed by atoms with Crippen molar-refractivity contribution in [3.63, 3.8) is 0 Å². The van der Waals surface area contributed by atoms with Gasteiger partial charge in [0.2, 0.25) is 0 Å². The predicted molar refractivity (Wildman–Crippen MR) is 71.5 cm³/mol. The minimum atomic E-state index is -0.443. The van der Waals surface area contributed by atoms with Crippen LogP contribution in [-0.4, -0.2) is 24.3 Å². The molecule has 1 heterocycles. The summed E-state index contributed by atoms with van der Waals surface area (Å²) in [6.45, 7) is 3.45. The molecule has 0 amide bonds. The van der Waals surface area contributed by atoms with Crippen molar-refractivity contribution in [2.24, 2.45) is 5.16 Å². The smallest absolute Gasteiger partial charge is 0.339 e. The molecule has 6 heteroatoms. The Labute approximate surface area is 115 Å². The van der Waals surface area contributed by atoms with Gasteiger partial charge in [0.05, 0.1) is 22.8 Å². The lowest BCUT2D eigenvalue weighted by atomic mass is 9.94. The van der Waals surface area contributed by atoms with Crippen LogP contribution in [0.15, 0.2) is 10.5 Å². The number of thiophene rings is 1. The van der Waals surface area contributed by atoms with E-state index in [4.69, 9.17) is 9.57 Å². The van der Waals surface area contributed by atoms with Gasteiger partial charge in [-0.1, -0.05) is 5.16 Å².